The van der Waals surface area contributed by atoms with Gasteiger partial charge in [0.1, 0.15) is 30.1 Å². The van der Waals surface area contributed by atoms with Crippen LogP contribution in [0.4, 0.5) is 10.6 Å². The SMILES string of the molecule is COc1ccc(CCN2C(=O)[C@H](CNC(=O)Nc3ccncn3)N(C)[C@H]2c2ccc(C(C)(C)C)cc2)cc1. The summed E-state index contributed by atoms with van der Waals surface area (Å²) in [6.07, 6.45) is 3.37. The minimum Gasteiger partial charge on any atom is -0.497 e. The topological polar surface area (TPSA) is 99.7 Å². The lowest BCUT2D eigenvalue weighted by Gasteiger charge is -2.30. The van der Waals surface area contributed by atoms with Gasteiger partial charge in [0.05, 0.1) is 7.11 Å². The molecule has 200 valence electrons. The zero-order valence-corrected chi connectivity index (χ0v) is 22.6. The molecule has 2 aromatic carbocycles. The fraction of sp³-hybridized carbons (Fsp3) is 0.379. The van der Waals surface area contributed by atoms with Crippen LogP contribution in [0.15, 0.2) is 67.1 Å². The largest absolute Gasteiger partial charge is 0.497 e. The van der Waals surface area contributed by atoms with Crippen LogP contribution in [0.5, 0.6) is 5.75 Å². The summed E-state index contributed by atoms with van der Waals surface area (Å²) >= 11 is 0. The number of hydrogen-bond acceptors (Lipinski definition) is 6. The number of nitrogens with one attached hydrogen (secondary N) is 2. The molecule has 1 aromatic heterocycles. The zero-order chi connectivity index (χ0) is 27.3. The lowest BCUT2D eigenvalue weighted by atomic mass is 9.86. The Balaban J connectivity index is 1.51. The number of urea groups is 1. The Morgan fingerprint density at radius 2 is 1.76 bits per heavy atom. The second-order valence-electron chi connectivity index (χ2n) is 10.5. The van der Waals surface area contributed by atoms with Gasteiger partial charge in [-0.05, 0) is 53.8 Å². The van der Waals surface area contributed by atoms with Gasteiger partial charge in [-0.1, -0.05) is 57.2 Å². The van der Waals surface area contributed by atoms with Crippen LogP contribution >= 0.6 is 0 Å². The van der Waals surface area contributed by atoms with Crippen LogP contribution in [0.25, 0.3) is 0 Å². The Labute approximate surface area is 224 Å². The molecule has 0 unspecified atom stereocenters. The second kappa shape index (κ2) is 11.6. The first-order valence-electron chi connectivity index (χ1n) is 12.7. The number of nitrogens with zero attached hydrogens (tertiary/aromatic N) is 4. The standard InChI is InChI=1S/C29H36N6O3/c1-29(2,3)22-10-8-21(9-11-22)26-34(4)24(18-31-28(37)33-25-14-16-30-19-32-25)27(36)35(26)17-15-20-6-12-23(38-5)13-7-20/h6-14,16,19,24,26H,15,17-18H2,1-5H3,(H2,30,31,32,33,37)/t24-,26+/m0/s1. The number of likely N-dealkylation sites (N-methyl/N-ethyl adjacent to an activating group) is 1. The molecule has 0 saturated carbocycles. The minimum atomic E-state index is -0.505. The molecule has 0 bridgehead atoms. The Bertz CT molecular complexity index is 1230. The third kappa shape index (κ3) is 6.28. The van der Waals surface area contributed by atoms with Gasteiger partial charge in [0.25, 0.3) is 0 Å². The molecule has 2 N–H and O–H groups in total. The number of aromatic nitrogens is 2. The molecule has 3 aromatic rings. The Hall–Kier alpha value is -3.98. The first kappa shape index (κ1) is 27.1. The van der Waals surface area contributed by atoms with Crippen molar-refractivity contribution < 1.29 is 14.3 Å². The third-order valence-electron chi connectivity index (χ3n) is 6.90. The van der Waals surface area contributed by atoms with E-state index in [0.717, 1.165) is 16.9 Å². The van der Waals surface area contributed by atoms with Crippen molar-refractivity contribution in [1.82, 2.24) is 25.1 Å². The summed E-state index contributed by atoms with van der Waals surface area (Å²) in [5.74, 6) is 1.17. The maximum absolute atomic E-state index is 13.7. The van der Waals surface area contributed by atoms with Gasteiger partial charge in [-0.2, -0.15) is 0 Å². The number of carbonyl (C=O) groups is 2. The highest BCUT2D eigenvalue weighted by atomic mass is 16.5. The third-order valence-corrected chi connectivity index (χ3v) is 6.90. The maximum Gasteiger partial charge on any atom is 0.320 e. The molecule has 4 rings (SSSR count). The lowest BCUT2D eigenvalue weighted by Crippen LogP contribution is -2.44. The van der Waals surface area contributed by atoms with E-state index in [4.69, 9.17) is 4.74 Å². The van der Waals surface area contributed by atoms with Crippen LogP contribution in [0.3, 0.4) is 0 Å². The molecular weight excluding hydrogens is 480 g/mol. The minimum absolute atomic E-state index is 0.0201. The number of amides is 3. The number of ether oxygens (including phenoxy) is 1. The van der Waals surface area contributed by atoms with Gasteiger partial charge in [0, 0.05) is 19.3 Å². The van der Waals surface area contributed by atoms with Gasteiger partial charge in [-0.25, -0.2) is 14.8 Å². The van der Waals surface area contributed by atoms with Crippen LogP contribution in [-0.4, -0.2) is 65.0 Å². The lowest BCUT2D eigenvalue weighted by molar-refractivity contribution is -0.130. The molecule has 0 radical (unpaired) electrons. The maximum atomic E-state index is 13.7. The zero-order valence-electron chi connectivity index (χ0n) is 22.6. The van der Waals surface area contributed by atoms with Gasteiger partial charge in [0.15, 0.2) is 0 Å². The normalized spacial score (nSPS) is 17.9. The molecule has 3 amide bonds. The van der Waals surface area contributed by atoms with Crippen molar-refractivity contribution in [3.8, 4) is 5.75 Å². The van der Waals surface area contributed by atoms with E-state index in [1.165, 1.54) is 11.9 Å². The first-order valence-corrected chi connectivity index (χ1v) is 12.7. The van der Waals surface area contributed by atoms with Crippen molar-refractivity contribution in [1.29, 1.82) is 0 Å². The highest BCUT2D eigenvalue weighted by Crippen LogP contribution is 2.34. The molecule has 1 fully saturated rings. The van der Waals surface area contributed by atoms with Gasteiger partial charge >= 0.3 is 6.03 Å². The summed E-state index contributed by atoms with van der Waals surface area (Å²) in [7, 11) is 3.58. The molecule has 2 heterocycles. The number of hydrogen-bond donors (Lipinski definition) is 2. The van der Waals surface area contributed by atoms with Crippen molar-refractivity contribution in [2.45, 2.75) is 44.8 Å². The van der Waals surface area contributed by atoms with Crippen molar-refractivity contribution in [2.75, 3.05) is 32.6 Å². The Morgan fingerprint density at radius 3 is 2.37 bits per heavy atom. The number of carbonyl (C=O) groups excluding carboxylic acids is 2. The Morgan fingerprint density at radius 1 is 1.05 bits per heavy atom. The first-order chi connectivity index (χ1) is 18.2. The predicted octanol–water partition coefficient (Wildman–Crippen LogP) is 3.99. The average Bonchev–Trinajstić information content (AvgIpc) is 3.15. The number of benzene rings is 2. The quantitative estimate of drug-likeness (QED) is 0.470. The van der Waals surface area contributed by atoms with Gasteiger partial charge in [-0.15, -0.1) is 0 Å². The fourth-order valence-electron chi connectivity index (χ4n) is 4.67. The Kier molecular flexibility index (Phi) is 8.26. The summed E-state index contributed by atoms with van der Waals surface area (Å²) in [4.78, 5) is 38.0. The molecule has 0 spiro atoms. The second-order valence-corrected chi connectivity index (χ2v) is 10.5. The van der Waals surface area contributed by atoms with Crippen molar-refractivity contribution >= 4 is 17.8 Å². The summed E-state index contributed by atoms with van der Waals surface area (Å²) < 4.78 is 5.27. The van der Waals surface area contributed by atoms with E-state index >= 15 is 0 Å². The van der Waals surface area contributed by atoms with Crippen LogP contribution in [-0.2, 0) is 16.6 Å². The van der Waals surface area contributed by atoms with Crippen LogP contribution < -0.4 is 15.4 Å². The van der Waals surface area contributed by atoms with Crippen LogP contribution in [0.1, 0.15) is 43.6 Å². The monoisotopic (exact) mass is 516 g/mol. The van der Waals surface area contributed by atoms with Crippen molar-refractivity contribution in [2.24, 2.45) is 0 Å². The summed E-state index contributed by atoms with van der Waals surface area (Å²) in [6.45, 7) is 7.26. The van der Waals surface area contributed by atoms with Crippen LogP contribution in [0.2, 0.25) is 0 Å². The van der Waals surface area contributed by atoms with Crippen molar-refractivity contribution in [3.63, 3.8) is 0 Å². The van der Waals surface area contributed by atoms with Gasteiger partial charge in [0.2, 0.25) is 5.91 Å². The number of anilines is 1. The van der Waals surface area contributed by atoms with Crippen LogP contribution in [0, 0.1) is 0 Å². The molecule has 1 aliphatic rings. The molecule has 1 saturated heterocycles. The number of methoxy groups -OCH3 is 1. The molecule has 9 nitrogen and oxygen atoms in total. The molecule has 9 heteroatoms. The van der Waals surface area contributed by atoms with E-state index in [1.54, 1.807) is 19.4 Å². The van der Waals surface area contributed by atoms with E-state index in [1.807, 2.05) is 41.1 Å². The average molecular weight is 517 g/mol. The van der Waals surface area contributed by atoms with Gasteiger partial charge in [-0.3, -0.25) is 15.0 Å². The molecule has 1 aliphatic heterocycles. The van der Waals surface area contributed by atoms with E-state index in [0.29, 0.717) is 18.8 Å². The van der Waals surface area contributed by atoms with Gasteiger partial charge < -0.3 is 15.0 Å². The summed E-state index contributed by atoms with van der Waals surface area (Å²) in [6, 6.07) is 17.1. The molecule has 0 aliphatic carbocycles. The highest BCUT2D eigenvalue weighted by Gasteiger charge is 2.44. The molecule has 2 atom stereocenters. The molecule has 38 heavy (non-hydrogen) atoms. The molecular formula is C29H36N6O3. The highest BCUT2D eigenvalue weighted by molar-refractivity contribution is 5.90. The van der Waals surface area contributed by atoms with E-state index in [9.17, 15) is 9.59 Å². The van der Waals surface area contributed by atoms with E-state index < -0.39 is 12.1 Å². The van der Waals surface area contributed by atoms with E-state index in [2.05, 4.69) is 65.6 Å². The number of rotatable bonds is 8. The smallest absolute Gasteiger partial charge is 0.320 e. The fourth-order valence-corrected chi connectivity index (χ4v) is 4.67. The van der Waals surface area contributed by atoms with E-state index in [-0.39, 0.29) is 24.0 Å². The summed E-state index contributed by atoms with van der Waals surface area (Å²) in [5.41, 5.74) is 3.43. The predicted molar refractivity (Wildman–Crippen MR) is 147 cm³/mol. The van der Waals surface area contributed by atoms with Crippen molar-refractivity contribution in [3.05, 3.63) is 83.8 Å². The summed E-state index contributed by atoms with van der Waals surface area (Å²) in [5, 5.41) is 5.50.